The number of nitrogens with two attached hydrogens (primary N) is 1. The van der Waals surface area contributed by atoms with E-state index in [1.54, 1.807) is 35.1 Å². The number of carbonyl (C=O) groups excluding carboxylic acids is 1. The Morgan fingerprint density at radius 3 is 2.82 bits per heavy atom. The molecule has 1 fully saturated rings. The molecule has 3 aromatic heterocycles. The summed E-state index contributed by atoms with van der Waals surface area (Å²) >= 11 is 12.3. The summed E-state index contributed by atoms with van der Waals surface area (Å²) in [6, 6.07) is 12.8. The molecule has 0 bridgehead atoms. The monoisotopic (exact) mass is 495 g/mol. The number of anilines is 1. The average molecular weight is 496 g/mol. The number of nitrogens with one attached hydrogen (secondary N) is 1. The van der Waals surface area contributed by atoms with E-state index in [1.165, 1.54) is 0 Å². The highest BCUT2D eigenvalue weighted by Gasteiger charge is 2.29. The van der Waals surface area contributed by atoms with Crippen LogP contribution in [0, 0.1) is 0 Å². The Morgan fingerprint density at radius 2 is 2.06 bits per heavy atom. The van der Waals surface area contributed by atoms with Crippen LogP contribution in [0.3, 0.4) is 0 Å². The highest BCUT2D eigenvalue weighted by molar-refractivity contribution is 6.35. The molecule has 1 saturated heterocycles. The van der Waals surface area contributed by atoms with Crippen molar-refractivity contribution in [2.45, 2.75) is 25.4 Å². The van der Waals surface area contributed by atoms with Gasteiger partial charge in [-0.3, -0.25) is 9.78 Å². The number of hydrogen-bond donors (Lipinski definition) is 2. The maximum atomic E-state index is 12.9. The average Bonchev–Trinajstić information content (AvgIpc) is 3.52. The van der Waals surface area contributed by atoms with Gasteiger partial charge in [-0.2, -0.15) is 9.61 Å². The summed E-state index contributed by atoms with van der Waals surface area (Å²) in [6.45, 7) is 1.67. The Morgan fingerprint density at radius 1 is 1.18 bits per heavy atom. The predicted molar refractivity (Wildman–Crippen MR) is 133 cm³/mol. The van der Waals surface area contributed by atoms with Gasteiger partial charge in [-0.25, -0.2) is 4.98 Å². The Kier molecular flexibility index (Phi) is 6.36. The molecule has 1 aromatic carbocycles. The largest absolute Gasteiger partial charge is 0.366 e. The van der Waals surface area contributed by atoms with Gasteiger partial charge < -0.3 is 16.0 Å². The summed E-state index contributed by atoms with van der Waals surface area (Å²) in [5.41, 5.74) is 9.33. The smallest absolute Gasteiger partial charge is 0.272 e. The third-order valence-electron chi connectivity index (χ3n) is 6.02. The minimum atomic E-state index is -0.0825. The van der Waals surface area contributed by atoms with Gasteiger partial charge in [-0.1, -0.05) is 29.3 Å². The van der Waals surface area contributed by atoms with Gasteiger partial charge in [-0.05, 0) is 42.7 Å². The van der Waals surface area contributed by atoms with E-state index in [9.17, 15) is 4.79 Å². The minimum absolute atomic E-state index is 0.0825. The second-order valence-corrected chi connectivity index (χ2v) is 9.02. The van der Waals surface area contributed by atoms with Gasteiger partial charge in [0.25, 0.3) is 5.91 Å². The van der Waals surface area contributed by atoms with Crippen LogP contribution >= 0.6 is 23.2 Å². The minimum Gasteiger partial charge on any atom is -0.366 e. The zero-order valence-corrected chi connectivity index (χ0v) is 19.8. The Balaban J connectivity index is 1.40. The normalized spacial score (nSPS) is 15.7. The Hall–Kier alpha value is -3.20. The third-order valence-corrected chi connectivity index (χ3v) is 6.61. The summed E-state index contributed by atoms with van der Waals surface area (Å²) in [6.07, 6.45) is 5.27. The number of pyridine rings is 1. The van der Waals surface area contributed by atoms with Crippen molar-refractivity contribution < 1.29 is 4.79 Å². The second kappa shape index (κ2) is 9.58. The van der Waals surface area contributed by atoms with Crippen molar-refractivity contribution in [3.8, 4) is 11.3 Å². The van der Waals surface area contributed by atoms with Crippen molar-refractivity contribution in [1.82, 2.24) is 24.5 Å². The van der Waals surface area contributed by atoms with Crippen molar-refractivity contribution >= 4 is 40.6 Å². The first kappa shape index (κ1) is 22.6. The van der Waals surface area contributed by atoms with Gasteiger partial charge >= 0.3 is 0 Å². The van der Waals surface area contributed by atoms with Gasteiger partial charge in [0.1, 0.15) is 11.5 Å². The fraction of sp³-hybridized carbons (Fsp3) is 0.250. The number of hydrogen-bond acceptors (Lipinski definition) is 6. The lowest BCUT2D eigenvalue weighted by atomic mass is 10.1. The van der Waals surface area contributed by atoms with Gasteiger partial charge in [0.2, 0.25) is 0 Å². The van der Waals surface area contributed by atoms with Gasteiger partial charge in [-0.15, -0.1) is 0 Å². The van der Waals surface area contributed by atoms with E-state index in [2.05, 4.69) is 15.4 Å². The van der Waals surface area contributed by atoms with Gasteiger partial charge in [0.05, 0.1) is 11.9 Å². The summed E-state index contributed by atoms with van der Waals surface area (Å²) < 4.78 is 1.72. The molecule has 4 aromatic rings. The molecule has 5 rings (SSSR count). The first-order valence-corrected chi connectivity index (χ1v) is 11.8. The lowest BCUT2D eigenvalue weighted by molar-refractivity contribution is 0.0735. The van der Waals surface area contributed by atoms with Crippen molar-refractivity contribution in [2.75, 3.05) is 18.4 Å². The van der Waals surface area contributed by atoms with Crippen molar-refractivity contribution in [3.63, 3.8) is 0 Å². The van der Waals surface area contributed by atoms with E-state index in [0.717, 1.165) is 36.3 Å². The fourth-order valence-corrected chi connectivity index (χ4v) is 4.68. The first-order valence-electron chi connectivity index (χ1n) is 11.0. The van der Waals surface area contributed by atoms with Crippen molar-refractivity contribution in [2.24, 2.45) is 5.73 Å². The van der Waals surface area contributed by atoms with Crippen LogP contribution in [0.4, 0.5) is 5.82 Å². The first-order chi connectivity index (χ1) is 16.5. The molecule has 0 spiro atoms. The van der Waals surface area contributed by atoms with E-state index in [0.29, 0.717) is 40.2 Å². The summed E-state index contributed by atoms with van der Waals surface area (Å²) in [7, 11) is 0. The summed E-state index contributed by atoms with van der Waals surface area (Å²) in [4.78, 5) is 23.8. The van der Waals surface area contributed by atoms with Crippen molar-refractivity contribution in [3.05, 3.63) is 76.2 Å². The van der Waals surface area contributed by atoms with Gasteiger partial charge in [0.15, 0.2) is 5.65 Å². The quantitative estimate of drug-likeness (QED) is 0.414. The zero-order valence-electron chi connectivity index (χ0n) is 18.3. The zero-order chi connectivity index (χ0) is 23.7. The molecule has 4 heterocycles. The topological polar surface area (TPSA) is 101 Å². The number of likely N-dealkylation sites (tertiary alicyclic amines) is 1. The van der Waals surface area contributed by atoms with E-state index in [-0.39, 0.29) is 11.9 Å². The van der Waals surface area contributed by atoms with E-state index >= 15 is 0 Å². The third kappa shape index (κ3) is 4.44. The summed E-state index contributed by atoms with van der Waals surface area (Å²) in [5.74, 6) is 0.667. The molecule has 10 heteroatoms. The van der Waals surface area contributed by atoms with E-state index in [4.69, 9.17) is 33.9 Å². The molecule has 1 aliphatic heterocycles. The van der Waals surface area contributed by atoms with Crippen LogP contribution in [0.1, 0.15) is 28.9 Å². The number of amides is 1. The van der Waals surface area contributed by atoms with Crippen LogP contribution in [0.15, 0.2) is 54.9 Å². The molecule has 1 atom stereocenters. The van der Waals surface area contributed by atoms with E-state index in [1.807, 2.05) is 29.2 Å². The highest BCUT2D eigenvalue weighted by Crippen LogP contribution is 2.25. The molecule has 1 aliphatic rings. The Bertz CT molecular complexity index is 1340. The number of fused-ring (bicyclic) bond motifs is 1. The SMILES string of the molecule is NCC1CCCN1C(=O)c1ccc(-c2cc(NCc3ccc(Cl)cc3Cl)n3nccc3n2)cn1. The molecule has 1 amide bonds. The molecule has 1 unspecified atom stereocenters. The molecule has 0 radical (unpaired) electrons. The molecular weight excluding hydrogens is 473 g/mol. The molecule has 8 nitrogen and oxygen atoms in total. The molecule has 0 saturated carbocycles. The maximum absolute atomic E-state index is 12.9. The van der Waals surface area contributed by atoms with Crippen LogP contribution in [0.25, 0.3) is 16.9 Å². The van der Waals surface area contributed by atoms with Crippen LogP contribution in [-0.2, 0) is 6.54 Å². The fourth-order valence-electron chi connectivity index (χ4n) is 4.20. The molecule has 34 heavy (non-hydrogen) atoms. The maximum Gasteiger partial charge on any atom is 0.272 e. The number of nitrogens with zero attached hydrogens (tertiary/aromatic N) is 5. The molecule has 0 aliphatic carbocycles. The molecule has 174 valence electrons. The van der Waals surface area contributed by atoms with Crippen molar-refractivity contribution in [1.29, 1.82) is 0 Å². The predicted octanol–water partition coefficient (Wildman–Crippen LogP) is 4.27. The molecular formula is C24H23Cl2N7O. The molecule has 3 N–H and O–H groups in total. The Labute approximate surface area is 206 Å². The number of rotatable bonds is 6. The number of aromatic nitrogens is 4. The van der Waals surface area contributed by atoms with E-state index < -0.39 is 0 Å². The number of carbonyl (C=O) groups is 1. The summed E-state index contributed by atoms with van der Waals surface area (Å²) in [5, 5.41) is 8.92. The number of benzene rings is 1. The number of halogens is 2. The lowest BCUT2D eigenvalue weighted by Crippen LogP contribution is -2.40. The van der Waals surface area contributed by atoms with Gasteiger partial charge in [0, 0.05) is 59.6 Å². The van der Waals surface area contributed by atoms with Crippen LogP contribution < -0.4 is 11.1 Å². The highest BCUT2D eigenvalue weighted by atomic mass is 35.5. The van der Waals surface area contributed by atoms with Crippen LogP contribution in [0.2, 0.25) is 10.0 Å². The van der Waals surface area contributed by atoms with Crippen LogP contribution in [-0.4, -0.2) is 49.5 Å². The standard InChI is InChI=1S/C24H23Cl2N7O/c25-17-5-3-15(19(26)10-17)13-29-23-11-21(31-22-7-8-30-33(22)23)16-4-6-20(28-14-16)24(34)32-9-1-2-18(32)12-27/h3-8,10-11,14,18,29H,1-2,9,12-13,27H2. The lowest BCUT2D eigenvalue weighted by Gasteiger charge is -2.23. The van der Waals surface area contributed by atoms with Crippen LogP contribution in [0.5, 0.6) is 0 Å². The second-order valence-electron chi connectivity index (χ2n) is 8.18.